The number of hydrogen-bond acceptors (Lipinski definition) is 6. The molecule has 0 saturated heterocycles. The van der Waals surface area contributed by atoms with E-state index in [4.69, 9.17) is 4.98 Å². The van der Waals surface area contributed by atoms with Crippen LogP contribution in [0.3, 0.4) is 0 Å². The first-order chi connectivity index (χ1) is 14.6. The van der Waals surface area contributed by atoms with Gasteiger partial charge in [-0.2, -0.15) is 0 Å². The monoisotopic (exact) mass is 430 g/mol. The van der Waals surface area contributed by atoms with Gasteiger partial charge < -0.3 is 0 Å². The Bertz CT molecular complexity index is 1370. The molecule has 0 aliphatic carbocycles. The van der Waals surface area contributed by atoms with Gasteiger partial charge in [-0.15, -0.1) is 11.3 Å². The van der Waals surface area contributed by atoms with Crippen LogP contribution in [0.15, 0.2) is 60.4 Å². The molecule has 1 amide bonds. The maximum Gasteiger partial charge on any atom is 0.260 e. The fourth-order valence-electron chi connectivity index (χ4n) is 3.52. The summed E-state index contributed by atoms with van der Waals surface area (Å²) in [6.45, 7) is 4.55. The van der Waals surface area contributed by atoms with E-state index >= 15 is 0 Å². The number of aryl methyl sites for hydroxylation is 2. The summed E-state index contributed by atoms with van der Waals surface area (Å²) in [7, 11) is 0. The van der Waals surface area contributed by atoms with Crippen LogP contribution in [-0.2, 0) is 6.54 Å². The van der Waals surface area contributed by atoms with Crippen LogP contribution in [0, 0.1) is 13.8 Å². The van der Waals surface area contributed by atoms with Crippen LogP contribution >= 0.6 is 22.7 Å². The van der Waals surface area contributed by atoms with Gasteiger partial charge in [0.05, 0.1) is 32.5 Å². The number of pyridine rings is 1. The highest BCUT2D eigenvalue weighted by atomic mass is 32.1. The summed E-state index contributed by atoms with van der Waals surface area (Å²) in [6.07, 6.45) is 3.52. The Morgan fingerprint density at radius 1 is 1.10 bits per heavy atom. The normalized spacial score (nSPS) is 11.3. The lowest BCUT2D eigenvalue weighted by atomic mass is 10.1. The average Bonchev–Trinajstić information content (AvgIpc) is 3.38. The molecule has 0 bridgehead atoms. The van der Waals surface area contributed by atoms with Crippen molar-refractivity contribution in [1.29, 1.82) is 0 Å². The molecular weight excluding hydrogens is 412 g/mol. The number of hydrogen-bond donors (Lipinski definition) is 0. The molecule has 30 heavy (non-hydrogen) atoms. The summed E-state index contributed by atoms with van der Waals surface area (Å²) in [5, 5.41) is 0.692. The van der Waals surface area contributed by atoms with E-state index in [-0.39, 0.29) is 5.91 Å². The smallest absolute Gasteiger partial charge is 0.260 e. The van der Waals surface area contributed by atoms with E-state index in [9.17, 15) is 4.79 Å². The molecular formula is C23H18N4OS2. The first kappa shape index (κ1) is 18.8. The predicted octanol–water partition coefficient (Wildman–Crippen LogP) is 5.76. The summed E-state index contributed by atoms with van der Waals surface area (Å²) in [5.74, 6) is -0.0809. The van der Waals surface area contributed by atoms with Crippen molar-refractivity contribution in [3.63, 3.8) is 0 Å². The van der Waals surface area contributed by atoms with E-state index in [1.807, 2.05) is 30.3 Å². The SMILES string of the molecule is Cc1cc(C)c2nc(N(Cc3cccnc3)C(=O)c3ccc4ncsc4c3)sc2c1. The van der Waals surface area contributed by atoms with Crippen molar-refractivity contribution in [3.8, 4) is 0 Å². The molecule has 0 atom stereocenters. The molecule has 0 saturated carbocycles. The number of fused-ring (bicyclic) bond motifs is 2. The minimum absolute atomic E-state index is 0.0809. The predicted molar refractivity (Wildman–Crippen MR) is 123 cm³/mol. The molecule has 2 aromatic carbocycles. The molecule has 0 aliphatic rings. The van der Waals surface area contributed by atoms with Crippen LogP contribution in [0.1, 0.15) is 27.0 Å². The molecule has 7 heteroatoms. The lowest BCUT2D eigenvalue weighted by Gasteiger charge is -2.20. The van der Waals surface area contributed by atoms with Crippen molar-refractivity contribution in [2.45, 2.75) is 20.4 Å². The minimum atomic E-state index is -0.0809. The van der Waals surface area contributed by atoms with E-state index < -0.39 is 0 Å². The average molecular weight is 431 g/mol. The van der Waals surface area contributed by atoms with Crippen molar-refractivity contribution in [2.24, 2.45) is 0 Å². The van der Waals surface area contributed by atoms with Crippen LogP contribution in [0.2, 0.25) is 0 Å². The molecule has 5 rings (SSSR count). The van der Waals surface area contributed by atoms with Gasteiger partial charge >= 0.3 is 0 Å². The van der Waals surface area contributed by atoms with Gasteiger partial charge in [-0.1, -0.05) is 23.5 Å². The van der Waals surface area contributed by atoms with E-state index in [0.717, 1.165) is 31.6 Å². The lowest BCUT2D eigenvalue weighted by molar-refractivity contribution is 0.0985. The Labute approximate surface area is 181 Å². The first-order valence-corrected chi connectivity index (χ1v) is 11.2. The van der Waals surface area contributed by atoms with Gasteiger partial charge in [-0.25, -0.2) is 9.97 Å². The zero-order chi connectivity index (χ0) is 20.7. The highest BCUT2D eigenvalue weighted by Gasteiger charge is 2.23. The van der Waals surface area contributed by atoms with Crippen LogP contribution in [0.25, 0.3) is 20.4 Å². The molecule has 0 unspecified atom stereocenters. The second kappa shape index (κ2) is 7.59. The molecule has 0 spiro atoms. The number of thiazole rings is 2. The zero-order valence-corrected chi connectivity index (χ0v) is 18.1. The number of carbonyl (C=O) groups is 1. The molecule has 0 fully saturated rings. The van der Waals surface area contributed by atoms with E-state index in [0.29, 0.717) is 17.2 Å². The summed E-state index contributed by atoms with van der Waals surface area (Å²) in [4.78, 5) is 28.7. The molecule has 0 aliphatic heterocycles. The topological polar surface area (TPSA) is 59.0 Å². The number of amides is 1. The van der Waals surface area contributed by atoms with Crippen LogP contribution in [-0.4, -0.2) is 20.9 Å². The minimum Gasteiger partial charge on any atom is -0.279 e. The summed E-state index contributed by atoms with van der Waals surface area (Å²) in [5.41, 5.74) is 7.54. The summed E-state index contributed by atoms with van der Waals surface area (Å²) in [6, 6.07) is 13.7. The van der Waals surface area contributed by atoms with Crippen molar-refractivity contribution in [2.75, 3.05) is 4.90 Å². The highest BCUT2D eigenvalue weighted by molar-refractivity contribution is 7.22. The third-order valence-corrected chi connectivity index (χ3v) is 6.75. The van der Waals surface area contributed by atoms with Gasteiger partial charge in [0.15, 0.2) is 5.13 Å². The fraction of sp³-hybridized carbons (Fsp3) is 0.130. The molecule has 5 nitrogen and oxygen atoms in total. The van der Waals surface area contributed by atoms with Crippen LogP contribution in [0.4, 0.5) is 5.13 Å². The molecule has 5 aromatic rings. The molecule has 0 N–H and O–H groups in total. The Balaban J connectivity index is 1.61. The molecule has 3 aromatic heterocycles. The second-order valence-electron chi connectivity index (χ2n) is 7.21. The number of nitrogens with zero attached hydrogens (tertiary/aromatic N) is 4. The van der Waals surface area contributed by atoms with E-state index in [2.05, 4.69) is 35.9 Å². The third-order valence-electron chi connectivity index (χ3n) is 4.94. The number of rotatable bonds is 4. The van der Waals surface area contributed by atoms with Gasteiger partial charge in [0.2, 0.25) is 0 Å². The molecule has 3 heterocycles. The Kier molecular flexibility index (Phi) is 4.77. The number of benzene rings is 2. The van der Waals surface area contributed by atoms with E-state index in [1.165, 1.54) is 16.9 Å². The maximum atomic E-state index is 13.6. The van der Waals surface area contributed by atoms with Crippen LogP contribution in [0.5, 0.6) is 0 Å². The Morgan fingerprint density at radius 2 is 2.00 bits per heavy atom. The maximum absolute atomic E-state index is 13.6. The van der Waals surface area contributed by atoms with Gasteiger partial charge in [0.25, 0.3) is 5.91 Å². The van der Waals surface area contributed by atoms with Gasteiger partial charge in [0, 0.05) is 18.0 Å². The van der Waals surface area contributed by atoms with Crippen molar-refractivity contribution in [3.05, 3.63) is 82.6 Å². The lowest BCUT2D eigenvalue weighted by Crippen LogP contribution is -2.30. The molecule has 148 valence electrons. The van der Waals surface area contributed by atoms with Gasteiger partial charge in [0.1, 0.15) is 0 Å². The number of aromatic nitrogens is 3. The number of anilines is 1. The van der Waals surface area contributed by atoms with Crippen molar-refractivity contribution >= 4 is 54.1 Å². The summed E-state index contributed by atoms with van der Waals surface area (Å²) >= 11 is 3.08. The summed E-state index contributed by atoms with van der Waals surface area (Å²) < 4.78 is 2.09. The third kappa shape index (κ3) is 3.46. The Morgan fingerprint density at radius 3 is 2.83 bits per heavy atom. The highest BCUT2D eigenvalue weighted by Crippen LogP contribution is 2.33. The van der Waals surface area contributed by atoms with E-state index in [1.54, 1.807) is 34.1 Å². The van der Waals surface area contributed by atoms with Crippen molar-refractivity contribution in [1.82, 2.24) is 15.0 Å². The molecule has 0 radical (unpaired) electrons. The largest absolute Gasteiger partial charge is 0.279 e. The number of carbonyl (C=O) groups excluding carboxylic acids is 1. The quantitative estimate of drug-likeness (QED) is 0.363. The van der Waals surface area contributed by atoms with Gasteiger partial charge in [-0.3, -0.25) is 14.7 Å². The fourth-order valence-corrected chi connectivity index (χ4v) is 5.37. The standard InChI is InChI=1S/C23H18N4OS2/c1-14-8-15(2)21-20(9-14)30-23(26-21)27(12-16-4-3-7-24-11-16)22(28)17-5-6-18-19(10-17)29-13-25-18/h3-11,13H,12H2,1-2H3. The second-order valence-corrected chi connectivity index (χ2v) is 9.11. The van der Waals surface area contributed by atoms with Crippen molar-refractivity contribution < 1.29 is 4.79 Å². The Hall–Kier alpha value is -3.16. The zero-order valence-electron chi connectivity index (χ0n) is 16.5. The van der Waals surface area contributed by atoms with Gasteiger partial charge in [-0.05, 0) is 60.9 Å². The van der Waals surface area contributed by atoms with Crippen LogP contribution < -0.4 is 4.90 Å². The first-order valence-electron chi connectivity index (χ1n) is 9.50.